The molecule has 0 aliphatic carbocycles. The molecule has 3 N–H and O–H groups in total. The minimum absolute atomic E-state index is 0.0563. The van der Waals surface area contributed by atoms with Crippen LogP contribution in [-0.4, -0.2) is 37.2 Å². The van der Waals surface area contributed by atoms with Crippen LogP contribution in [-0.2, 0) is 11.2 Å². The molecule has 0 bridgehead atoms. The first kappa shape index (κ1) is 14.5. The van der Waals surface area contributed by atoms with Crippen molar-refractivity contribution in [1.29, 1.82) is 0 Å². The first-order chi connectivity index (χ1) is 9.28. The molecule has 0 amide bonds. The number of likely N-dealkylation sites (N-methyl/N-ethyl adjacent to an activating group) is 1. The van der Waals surface area contributed by atoms with Crippen LogP contribution in [0.1, 0.15) is 31.0 Å². The van der Waals surface area contributed by atoms with E-state index in [0.717, 1.165) is 32.7 Å². The average molecular weight is 263 g/mol. The fraction of sp³-hybridized carbons (Fsp3) is 0.600. The average Bonchev–Trinajstić information content (AvgIpc) is 2.48. The van der Waals surface area contributed by atoms with Crippen molar-refractivity contribution in [2.24, 2.45) is 5.84 Å². The summed E-state index contributed by atoms with van der Waals surface area (Å²) in [4.78, 5) is 2.40. The summed E-state index contributed by atoms with van der Waals surface area (Å²) < 4.78 is 5.91. The van der Waals surface area contributed by atoms with Gasteiger partial charge in [0.05, 0.1) is 18.8 Å². The number of hydrogen-bond donors (Lipinski definition) is 2. The van der Waals surface area contributed by atoms with Gasteiger partial charge in [0.25, 0.3) is 0 Å². The number of benzene rings is 1. The third kappa shape index (κ3) is 3.54. The van der Waals surface area contributed by atoms with E-state index in [2.05, 4.69) is 48.4 Å². The lowest BCUT2D eigenvalue weighted by Crippen LogP contribution is -2.49. The molecule has 0 spiro atoms. The zero-order chi connectivity index (χ0) is 13.7. The highest BCUT2D eigenvalue weighted by atomic mass is 16.5. The van der Waals surface area contributed by atoms with Crippen LogP contribution in [0.4, 0.5) is 0 Å². The van der Waals surface area contributed by atoms with E-state index in [4.69, 9.17) is 10.6 Å². The molecule has 1 saturated heterocycles. The normalized spacial score (nSPS) is 22.4. The fourth-order valence-electron chi connectivity index (χ4n) is 2.65. The Kier molecular flexibility index (Phi) is 5.34. The number of nitrogens with zero attached hydrogens (tertiary/aromatic N) is 1. The second-order valence-electron chi connectivity index (χ2n) is 5.05. The van der Waals surface area contributed by atoms with Crippen molar-refractivity contribution in [2.75, 3.05) is 26.2 Å². The van der Waals surface area contributed by atoms with E-state index in [9.17, 15) is 0 Å². The lowest BCUT2D eigenvalue weighted by Gasteiger charge is -2.36. The predicted molar refractivity (Wildman–Crippen MR) is 77.7 cm³/mol. The molecule has 2 unspecified atom stereocenters. The summed E-state index contributed by atoms with van der Waals surface area (Å²) in [7, 11) is 0. The molecule has 4 nitrogen and oxygen atoms in total. The lowest BCUT2D eigenvalue weighted by atomic mass is 9.98. The van der Waals surface area contributed by atoms with Crippen LogP contribution in [0, 0.1) is 0 Å². The number of aryl methyl sites for hydroxylation is 1. The molecule has 2 rings (SSSR count). The number of rotatable bonds is 5. The van der Waals surface area contributed by atoms with E-state index < -0.39 is 0 Å². The molecule has 4 heteroatoms. The van der Waals surface area contributed by atoms with Crippen molar-refractivity contribution in [2.45, 2.75) is 32.4 Å². The van der Waals surface area contributed by atoms with Gasteiger partial charge in [-0.1, -0.05) is 38.1 Å². The van der Waals surface area contributed by atoms with Crippen LogP contribution in [0.25, 0.3) is 0 Å². The van der Waals surface area contributed by atoms with Crippen LogP contribution in [0.3, 0.4) is 0 Å². The fourth-order valence-corrected chi connectivity index (χ4v) is 2.65. The second-order valence-corrected chi connectivity index (χ2v) is 5.05. The Morgan fingerprint density at radius 3 is 3.00 bits per heavy atom. The van der Waals surface area contributed by atoms with Crippen molar-refractivity contribution < 1.29 is 4.74 Å². The summed E-state index contributed by atoms with van der Waals surface area (Å²) in [6.45, 7) is 8.14. The van der Waals surface area contributed by atoms with Gasteiger partial charge in [-0.05, 0) is 24.1 Å². The highest BCUT2D eigenvalue weighted by molar-refractivity contribution is 5.27. The molecule has 0 saturated carbocycles. The molecule has 19 heavy (non-hydrogen) atoms. The standard InChI is InChI=1S/C15H25N3O/c1-3-12-6-5-7-13(10-12)15(17-16)14-11-18(4-2)8-9-19-14/h5-7,10,14-15,17H,3-4,8-9,11,16H2,1-2H3. The van der Waals surface area contributed by atoms with Gasteiger partial charge in [0.1, 0.15) is 0 Å². The Hall–Kier alpha value is -0.940. The van der Waals surface area contributed by atoms with Gasteiger partial charge in [-0.25, -0.2) is 0 Å². The molecule has 1 fully saturated rings. The van der Waals surface area contributed by atoms with Gasteiger partial charge in [-0.2, -0.15) is 0 Å². The highest BCUT2D eigenvalue weighted by Crippen LogP contribution is 2.22. The third-order valence-corrected chi connectivity index (χ3v) is 3.89. The summed E-state index contributed by atoms with van der Waals surface area (Å²) in [6, 6.07) is 8.65. The number of nitrogens with two attached hydrogens (primary N) is 1. The Balaban J connectivity index is 2.13. The summed E-state index contributed by atoms with van der Waals surface area (Å²) in [5.41, 5.74) is 5.48. The van der Waals surface area contributed by atoms with Crippen molar-refractivity contribution in [3.05, 3.63) is 35.4 Å². The van der Waals surface area contributed by atoms with Crippen molar-refractivity contribution in [1.82, 2.24) is 10.3 Å². The van der Waals surface area contributed by atoms with Crippen molar-refractivity contribution >= 4 is 0 Å². The monoisotopic (exact) mass is 263 g/mol. The van der Waals surface area contributed by atoms with Crippen molar-refractivity contribution in [3.8, 4) is 0 Å². The Bertz CT molecular complexity index is 397. The van der Waals surface area contributed by atoms with E-state index in [0.29, 0.717) is 0 Å². The largest absolute Gasteiger partial charge is 0.374 e. The summed E-state index contributed by atoms with van der Waals surface area (Å²) in [6.07, 6.45) is 1.16. The first-order valence-corrected chi connectivity index (χ1v) is 7.17. The van der Waals surface area contributed by atoms with E-state index in [1.807, 2.05) is 0 Å². The van der Waals surface area contributed by atoms with E-state index >= 15 is 0 Å². The second kappa shape index (κ2) is 7.01. The molecular weight excluding hydrogens is 238 g/mol. The molecule has 0 aromatic heterocycles. The summed E-state index contributed by atoms with van der Waals surface area (Å²) >= 11 is 0. The van der Waals surface area contributed by atoms with E-state index in [1.165, 1.54) is 11.1 Å². The highest BCUT2D eigenvalue weighted by Gasteiger charge is 2.28. The maximum absolute atomic E-state index is 5.91. The minimum Gasteiger partial charge on any atom is -0.374 e. The smallest absolute Gasteiger partial charge is 0.0909 e. The maximum atomic E-state index is 5.91. The van der Waals surface area contributed by atoms with Crippen LogP contribution in [0.2, 0.25) is 0 Å². The van der Waals surface area contributed by atoms with Crippen LogP contribution >= 0.6 is 0 Å². The number of nitrogens with one attached hydrogen (secondary N) is 1. The number of hydrazine groups is 1. The van der Waals surface area contributed by atoms with Gasteiger partial charge < -0.3 is 4.74 Å². The molecule has 1 heterocycles. The van der Waals surface area contributed by atoms with Crippen LogP contribution in [0.5, 0.6) is 0 Å². The Morgan fingerprint density at radius 2 is 2.32 bits per heavy atom. The third-order valence-electron chi connectivity index (χ3n) is 3.89. The quantitative estimate of drug-likeness (QED) is 0.624. The SMILES string of the molecule is CCc1cccc(C(NN)C2CN(CC)CCO2)c1. The molecule has 0 radical (unpaired) electrons. The van der Waals surface area contributed by atoms with Gasteiger partial charge >= 0.3 is 0 Å². The summed E-state index contributed by atoms with van der Waals surface area (Å²) in [5.74, 6) is 5.77. The maximum Gasteiger partial charge on any atom is 0.0909 e. The molecule has 2 atom stereocenters. The molecule has 1 aromatic carbocycles. The molecule has 1 aliphatic rings. The predicted octanol–water partition coefficient (Wildman–Crippen LogP) is 1.47. The van der Waals surface area contributed by atoms with Gasteiger partial charge in [-0.3, -0.25) is 16.2 Å². The first-order valence-electron chi connectivity index (χ1n) is 7.17. The Labute approximate surface area is 115 Å². The minimum atomic E-state index is 0.0563. The number of hydrogen-bond acceptors (Lipinski definition) is 4. The van der Waals surface area contributed by atoms with Crippen molar-refractivity contribution in [3.63, 3.8) is 0 Å². The topological polar surface area (TPSA) is 50.5 Å². The zero-order valence-corrected chi connectivity index (χ0v) is 11.9. The lowest BCUT2D eigenvalue weighted by molar-refractivity contribution is -0.0456. The zero-order valence-electron chi connectivity index (χ0n) is 11.9. The number of ether oxygens (including phenoxy) is 1. The summed E-state index contributed by atoms with van der Waals surface area (Å²) in [5, 5.41) is 0. The van der Waals surface area contributed by atoms with Gasteiger partial charge in [-0.15, -0.1) is 0 Å². The van der Waals surface area contributed by atoms with Gasteiger partial charge in [0, 0.05) is 13.1 Å². The Morgan fingerprint density at radius 1 is 1.47 bits per heavy atom. The molecule has 1 aliphatic heterocycles. The van der Waals surface area contributed by atoms with Crippen LogP contribution < -0.4 is 11.3 Å². The van der Waals surface area contributed by atoms with Crippen LogP contribution in [0.15, 0.2) is 24.3 Å². The van der Waals surface area contributed by atoms with Gasteiger partial charge in [0.2, 0.25) is 0 Å². The molecule has 1 aromatic rings. The van der Waals surface area contributed by atoms with E-state index in [-0.39, 0.29) is 12.1 Å². The van der Waals surface area contributed by atoms with E-state index in [1.54, 1.807) is 0 Å². The molecule has 106 valence electrons. The number of morpholine rings is 1. The molecular formula is C15H25N3O. The van der Waals surface area contributed by atoms with Gasteiger partial charge in [0.15, 0.2) is 0 Å².